The third-order valence-electron chi connectivity index (χ3n) is 2.74. The number of pyridine rings is 1. The van der Waals surface area contributed by atoms with E-state index in [1.54, 1.807) is 6.20 Å². The van der Waals surface area contributed by atoms with E-state index in [1.807, 2.05) is 42.5 Å². The molecule has 0 saturated carbocycles. The molecule has 2 nitrogen and oxygen atoms in total. The van der Waals surface area contributed by atoms with Crippen LogP contribution in [0.25, 0.3) is 0 Å². The van der Waals surface area contributed by atoms with E-state index < -0.39 is 0 Å². The maximum atomic E-state index is 6.13. The first kappa shape index (κ1) is 12.1. The van der Waals surface area contributed by atoms with Crippen LogP contribution in [0.3, 0.4) is 0 Å². The molecule has 17 heavy (non-hydrogen) atoms. The van der Waals surface area contributed by atoms with Gasteiger partial charge in [0.25, 0.3) is 0 Å². The van der Waals surface area contributed by atoms with Gasteiger partial charge in [0, 0.05) is 23.0 Å². The molecule has 0 spiro atoms. The summed E-state index contributed by atoms with van der Waals surface area (Å²) in [6, 6.07) is 13.6. The number of halogens is 1. The molecule has 0 saturated heterocycles. The van der Waals surface area contributed by atoms with Crippen molar-refractivity contribution >= 4 is 11.6 Å². The summed E-state index contributed by atoms with van der Waals surface area (Å²) in [4.78, 5) is 4.28. The Balaban J connectivity index is 1.99. The molecule has 3 heteroatoms. The summed E-state index contributed by atoms with van der Waals surface area (Å²) >= 11 is 6.11. The molecule has 88 valence electrons. The van der Waals surface area contributed by atoms with Crippen LogP contribution in [-0.4, -0.2) is 4.98 Å². The van der Waals surface area contributed by atoms with Gasteiger partial charge in [-0.05, 0) is 36.6 Å². The Labute approximate surface area is 106 Å². The van der Waals surface area contributed by atoms with Crippen molar-refractivity contribution in [3.63, 3.8) is 0 Å². The molecule has 1 heterocycles. The van der Waals surface area contributed by atoms with Crippen LogP contribution in [0.15, 0.2) is 48.7 Å². The molecular formula is C14H15ClN2. The second-order valence-corrected chi connectivity index (χ2v) is 4.39. The molecule has 0 aliphatic heterocycles. The largest absolute Gasteiger partial charge is 0.324 e. The third-order valence-corrected chi connectivity index (χ3v) is 3.09. The first-order valence-electron chi connectivity index (χ1n) is 5.67. The molecule has 0 bridgehead atoms. The second-order valence-electron chi connectivity index (χ2n) is 3.99. The van der Waals surface area contributed by atoms with Crippen LogP contribution >= 0.6 is 11.6 Å². The molecule has 0 aliphatic rings. The molecular weight excluding hydrogens is 232 g/mol. The lowest BCUT2D eigenvalue weighted by Gasteiger charge is -2.13. The molecule has 2 aromatic rings. The monoisotopic (exact) mass is 246 g/mol. The van der Waals surface area contributed by atoms with E-state index in [-0.39, 0.29) is 6.04 Å². The summed E-state index contributed by atoms with van der Waals surface area (Å²) in [6.07, 6.45) is 3.52. The van der Waals surface area contributed by atoms with Gasteiger partial charge in [-0.2, -0.15) is 0 Å². The molecule has 1 unspecified atom stereocenters. The highest BCUT2D eigenvalue weighted by Crippen LogP contribution is 2.23. The summed E-state index contributed by atoms with van der Waals surface area (Å²) in [7, 11) is 0. The van der Waals surface area contributed by atoms with Gasteiger partial charge in [-0.15, -0.1) is 0 Å². The molecule has 2 N–H and O–H groups in total. The van der Waals surface area contributed by atoms with Gasteiger partial charge in [0.15, 0.2) is 0 Å². The van der Waals surface area contributed by atoms with Gasteiger partial charge in [0.1, 0.15) is 0 Å². The van der Waals surface area contributed by atoms with E-state index in [2.05, 4.69) is 4.98 Å². The lowest BCUT2D eigenvalue weighted by molar-refractivity contribution is 0.644. The molecule has 2 rings (SSSR count). The summed E-state index contributed by atoms with van der Waals surface area (Å²) < 4.78 is 0. The summed E-state index contributed by atoms with van der Waals surface area (Å²) in [5, 5.41) is 0.737. The summed E-state index contributed by atoms with van der Waals surface area (Å²) in [6.45, 7) is 0. The van der Waals surface area contributed by atoms with Crippen LogP contribution < -0.4 is 5.73 Å². The minimum absolute atomic E-state index is 0.0364. The lowest BCUT2D eigenvalue weighted by atomic mass is 10.0. The quantitative estimate of drug-likeness (QED) is 0.898. The van der Waals surface area contributed by atoms with E-state index in [0.717, 1.165) is 29.1 Å². The van der Waals surface area contributed by atoms with Crippen molar-refractivity contribution in [2.24, 2.45) is 5.73 Å². The zero-order valence-electron chi connectivity index (χ0n) is 9.51. The molecule has 1 aromatic carbocycles. The number of hydrogen-bond donors (Lipinski definition) is 1. The van der Waals surface area contributed by atoms with Crippen LogP contribution in [0.2, 0.25) is 5.02 Å². The molecule has 0 radical (unpaired) electrons. The van der Waals surface area contributed by atoms with Crippen LogP contribution in [0, 0.1) is 0 Å². The minimum Gasteiger partial charge on any atom is -0.324 e. The zero-order valence-corrected chi connectivity index (χ0v) is 10.3. The van der Waals surface area contributed by atoms with Crippen molar-refractivity contribution in [2.45, 2.75) is 18.9 Å². The standard InChI is InChI=1S/C14H15ClN2/c15-13-7-2-1-6-12(13)14(16)9-8-11-5-3-4-10-17-11/h1-7,10,14H,8-9,16H2. The highest BCUT2D eigenvalue weighted by Gasteiger charge is 2.09. The van der Waals surface area contributed by atoms with Crippen LogP contribution in [0.1, 0.15) is 23.7 Å². The topological polar surface area (TPSA) is 38.9 Å². The van der Waals surface area contributed by atoms with Crippen LogP contribution in [-0.2, 0) is 6.42 Å². The highest BCUT2D eigenvalue weighted by molar-refractivity contribution is 6.31. The fourth-order valence-electron chi connectivity index (χ4n) is 1.78. The van der Waals surface area contributed by atoms with Gasteiger partial charge in [-0.25, -0.2) is 0 Å². The first-order valence-corrected chi connectivity index (χ1v) is 6.05. The average Bonchev–Trinajstić information content (AvgIpc) is 2.38. The van der Waals surface area contributed by atoms with Crippen LogP contribution in [0.4, 0.5) is 0 Å². The average molecular weight is 247 g/mol. The van der Waals surface area contributed by atoms with E-state index in [4.69, 9.17) is 17.3 Å². The Kier molecular flexibility index (Phi) is 4.13. The number of rotatable bonds is 4. The number of benzene rings is 1. The fraction of sp³-hybridized carbons (Fsp3) is 0.214. The maximum Gasteiger partial charge on any atom is 0.0453 e. The number of nitrogens with two attached hydrogens (primary N) is 1. The Morgan fingerprint density at radius 2 is 1.88 bits per heavy atom. The zero-order chi connectivity index (χ0) is 12.1. The maximum absolute atomic E-state index is 6.13. The number of nitrogens with zero attached hydrogens (tertiary/aromatic N) is 1. The van der Waals surface area contributed by atoms with Gasteiger partial charge in [-0.3, -0.25) is 4.98 Å². The summed E-state index contributed by atoms with van der Waals surface area (Å²) in [5.41, 5.74) is 8.20. The van der Waals surface area contributed by atoms with E-state index in [1.165, 1.54) is 0 Å². The fourth-order valence-corrected chi connectivity index (χ4v) is 2.06. The molecule has 0 fully saturated rings. The lowest BCUT2D eigenvalue weighted by Crippen LogP contribution is -2.12. The van der Waals surface area contributed by atoms with Crippen molar-refractivity contribution in [1.82, 2.24) is 4.98 Å². The smallest absolute Gasteiger partial charge is 0.0453 e. The first-order chi connectivity index (χ1) is 8.27. The number of hydrogen-bond acceptors (Lipinski definition) is 2. The van der Waals surface area contributed by atoms with Crippen molar-refractivity contribution in [1.29, 1.82) is 0 Å². The Hall–Kier alpha value is -1.38. The van der Waals surface area contributed by atoms with Gasteiger partial charge in [0.05, 0.1) is 0 Å². The Bertz CT molecular complexity index is 471. The van der Waals surface area contributed by atoms with Gasteiger partial charge >= 0.3 is 0 Å². The van der Waals surface area contributed by atoms with Crippen LogP contribution in [0.5, 0.6) is 0 Å². The molecule has 0 aliphatic carbocycles. The molecule has 1 atom stereocenters. The van der Waals surface area contributed by atoms with Crippen molar-refractivity contribution in [3.05, 3.63) is 64.9 Å². The van der Waals surface area contributed by atoms with E-state index >= 15 is 0 Å². The van der Waals surface area contributed by atoms with Gasteiger partial charge in [-0.1, -0.05) is 35.9 Å². The third kappa shape index (κ3) is 3.29. The second kappa shape index (κ2) is 5.80. The minimum atomic E-state index is -0.0364. The summed E-state index contributed by atoms with van der Waals surface area (Å²) in [5.74, 6) is 0. The SMILES string of the molecule is NC(CCc1ccccn1)c1ccccc1Cl. The number of aromatic nitrogens is 1. The molecule has 0 amide bonds. The van der Waals surface area contributed by atoms with Gasteiger partial charge in [0.2, 0.25) is 0 Å². The highest BCUT2D eigenvalue weighted by atomic mass is 35.5. The Morgan fingerprint density at radius 1 is 1.12 bits per heavy atom. The van der Waals surface area contributed by atoms with Crippen molar-refractivity contribution < 1.29 is 0 Å². The van der Waals surface area contributed by atoms with E-state index in [0.29, 0.717) is 0 Å². The van der Waals surface area contributed by atoms with Crippen molar-refractivity contribution in [3.8, 4) is 0 Å². The number of aryl methyl sites for hydroxylation is 1. The predicted molar refractivity (Wildman–Crippen MR) is 70.9 cm³/mol. The molecule has 1 aromatic heterocycles. The van der Waals surface area contributed by atoms with Crippen molar-refractivity contribution in [2.75, 3.05) is 0 Å². The van der Waals surface area contributed by atoms with Gasteiger partial charge < -0.3 is 5.73 Å². The predicted octanol–water partition coefficient (Wildman–Crippen LogP) is 3.37. The Morgan fingerprint density at radius 3 is 2.59 bits per heavy atom. The van der Waals surface area contributed by atoms with E-state index in [9.17, 15) is 0 Å². The normalized spacial score (nSPS) is 12.4.